The zero-order chi connectivity index (χ0) is 21.8. The lowest BCUT2D eigenvalue weighted by atomic mass is 10.1. The molecule has 1 N–H and O–H groups in total. The van der Waals surface area contributed by atoms with E-state index in [2.05, 4.69) is 51.5 Å². The van der Waals surface area contributed by atoms with E-state index < -0.39 is 0 Å². The van der Waals surface area contributed by atoms with Crippen LogP contribution >= 0.6 is 11.5 Å². The molecule has 1 aromatic heterocycles. The molecule has 1 aliphatic rings. The highest BCUT2D eigenvalue weighted by Crippen LogP contribution is 2.29. The van der Waals surface area contributed by atoms with Crippen molar-refractivity contribution < 1.29 is 4.79 Å². The Morgan fingerprint density at radius 3 is 2.38 bits per heavy atom. The van der Waals surface area contributed by atoms with Crippen LogP contribution in [0.5, 0.6) is 0 Å². The number of hydrogen-bond donors (Lipinski definition) is 1. The van der Waals surface area contributed by atoms with Crippen LogP contribution in [-0.4, -0.2) is 47.9 Å². The number of aromatic nitrogens is 1. The predicted molar refractivity (Wildman–Crippen MR) is 133 cm³/mol. The average Bonchev–Trinajstić information content (AvgIpc) is 3.29. The minimum Gasteiger partial charge on any atom is -0.353 e. The topological polar surface area (TPSA) is 48.5 Å². The minimum atomic E-state index is -0.0795. The van der Waals surface area contributed by atoms with E-state index in [9.17, 15) is 4.79 Å². The van der Waals surface area contributed by atoms with Gasteiger partial charge in [-0.25, -0.2) is 0 Å². The van der Waals surface area contributed by atoms with E-state index in [-0.39, 0.29) is 5.91 Å². The molecule has 1 amide bonds. The summed E-state index contributed by atoms with van der Waals surface area (Å²) in [6.45, 7) is 5.17. The third-order valence-electron chi connectivity index (χ3n) is 5.99. The number of amides is 1. The fourth-order valence-electron chi connectivity index (χ4n) is 4.12. The number of nitrogens with zero attached hydrogens (tertiary/aromatic N) is 3. The fraction of sp³-hybridized carbons (Fsp3) is 0.231. The molecular formula is C26H26N4OS. The highest BCUT2D eigenvalue weighted by atomic mass is 32.1. The third-order valence-corrected chi connectivity index (χ3v) is 6.81. The van der Waals surface area contributed by atoms with Gasteiger partial charge in [0.15, 0.2) is 0 Å². The van der Waals surface area contributed by atoms with Crippen LogP contribution in [0.2, 0.25) is 0 Å². The molecule has 32 heavy (non-hydrogen) atoms. The van der Waals surface area contributed by atoms with E-state index in [1.807, 2.05) is 42.5 Å². The summed E-state index contributed by atoms with van der Waals surface area (Å²) in [5.74, 6) is 1.06. The van der Waals surface area contributed by atoms with Crippen LogP contribution in [0.4, 0.5) is 11.5 Å². The van der Waals surface area contributed by atoms with Crippen molar-refractivity contribution in [3.63, 3.8) is 0 Å². The number of carbonyl (C=O) groups is 1. The van der Waals surface area contributed by atoms with Crippen LogP contribution < -0.4 is 10.2 Å². The summed E-state index contributed by atoms with van der Waals surface area (Å²) in [6.07, 6.45) is 1.01. The molecule has 2 heterocycles. The summed E-state index contributed by atoms with van der Waals surface area (Å²) in [6, 6.07) is 26.0. The van der Waals surface area contributed by atoms with E-state index in [0.717, 1.165) is 50.6 Å². The highest BCUT2D eigenvalue weighted by molar-refractivity contribution is 7.13. The molecule has 0 saturated carbocycles. The molecule has 0 spiro atoms. The van der Waals surface area contributed by atoms with Crippen molar-refractivity contribution in [2.45, 2.75) is 6.42 Å². The van der Waals surface area contributed by atoms with Crippen LogP contribution in [0.15, 0.2) is 78.9 Å². The zero-order valence-corrected chi connectivity index (χ0v) is 18.7. The van der Waals surface area contributed by atoms with E-state index in [4.69, 9.17) is 4.37 Å². The molecule has 162 valence electrons. The van der Waals surface area contributed by atoms with Gasteiger partial charge in [0.2, 0.25) is 0 Å². The first-order valence-electron chi connectivity index (χ1n) is 11.0. The molecule has 5 nitrogen and oxygen atoms in total. The van der Waals surface area contributed by atoms with Crippen molar-refractivity contribution in [3.8, 4) is 0 Å². The Balaban J connectivity index is 1.11. The Labute approximate surface area is 192 Å². The van der Waals surface area contributed by atoms with E-state index >= 15 is 0 Å². The number of hydrogen-bond acceptors (Lipinski definition) is 5. The fourth-order valence-corrected chi connectivity index (χ4v) is 4.91. The first kappa shape index (κ1) is 20.7. The van der Waals surface area contributed by atoms with Gasteiger partial charge in [-0.1, -0.05) is 42.5 Å². The Kier molecular flexibility index (Phi) is 6.14. The lowest BCUT2D eigenvalue weighted by molar-refractivity contribution is 0.102. The monoisotopic (exact) mass is 442 g/mol. The SMILES string of the molecule is O=C(Nc1ccc(CCN2CCN(c3nsc4ccccc34)CC2)cc1)c1ccccc1. The molecule has 3 aromatic carbocycles. The van der Waals surface area contributed by atoms with Crippen molar-refractivity contribution in [2.75, 3.05) is 42.9 Å². The lowest BCUT2D eigenvalue weighted by Crippen LogP contribution is -2.47. The quantitative estimate of drug-likeness (QED) is 0.461. The molecule has 0 aliphatic carbocycles. The maximum absolute atomic E-state index is 12.3. The summed E-state index contributed by atoms with van der Waals surface area (Å²) < 4.78 is 5.96. The largest absolute Gasteiger partial charge is 0.353 e. The van der Waals surface area contributed by atoms with Crippen LogP contribution in [-0.2, 0) is 6.42 Å². The van der Waals surface area contributed by atoms with E-state index in [1.54, 1.807) is 11.5 Å². The number of fused-ring (bicyclic) bond motifs is 1. The van der Waals surface area contributed by atoms with Crippen molar-refractivity contribution in [1.82, 2.24) is 9.27 Å². The summed E-state index contributed by atoms with van der Waals surface area (Å²) in [7, 11) is 0. The average molecular weight is 443 g/mol. The Morgan fingerprint density at radius 2 is 1.59 bits per heavy atom. The van der Waals surface area contributed by atoms with Crippen LogP contribution in [0.25, 0.3) is 10.1 Å². The molecule has 0 atom stereocenters. The number of nitrogens with one attached hydrogen (secondary N) is 1. The van der Waals surface area contributed by atoms with Crippen LogP contribution in [0.1, 0.15) is 15.9 Å². The van der Waals surface area contributed by atoms with Crippen molar-refractivity contribution >= 4 is 39.0 Å². The third kappa shape index (κ3) is 4.66. The van der Waals surface area contributed by atoms with Gasteiger partial charge in [-0.3, -0.25) is 9.69 Å². The van der Waals surface area contributed by atoms with Gasteiger partial charge >= 0.3 is 0 Å². The molecule has 0 radical (unpaired) electrons. The van der Waals surface area contributed by atoms with Crippen LogP contribution in [0, 0.1) is 0 Å². The Hall–Kier alpha value is -3.22. The number of anilines is 2. The molecule has 1 fully saturated rings. The number of benzene rings is 3. The van der Waals surface area contributed by atoms with Crippen LogP contribution in [0.3, 0.4) is 0 Å². The lowest BCUT2D eigenvalue weighted by Gasteiger charge is -2.35. The van der Waals surface area contributed by atoms with Crippen molar-refractivity contribution in [1.29, 1.82) is 0 Å². The van der Waals surface area contributed by atoms with Gasteiger partial charge in [0, 0.05) is 49.4 Å². The second-order valence-corrected chi connectivity index (χ2v) is 8.90. The van der Waals surface area contributed by atoms with Crippen molar-refractivity contribution in [2.24, 2.45) is 0 Å². The second kappa shape index (κ2) is 9.51. The van der Waals surface area contributed by atoms with E-state index in [0.29, 0.717) is 5.56 Å². The molecule has 1 aliphatic heterocycles. The Morgan fingerprint density at radius 1 is 0.875 bits per heavy atom. The number of rotatable bonds is 6. The maximum Gasteiger partial charge on any atom is 0.255 e. The van der Waals surface area contributed by atoms with Gasteiger partial charge in [0.05, 0.1) is 4.70 Å². The molecule has 1 saturated heterocycles. The summed E-state index contributed by atoms with van der Waals surface area (Å²) >= 11 is 1.59. The summed E-state index contributed by atoms with van der Waals surface area (Å²) in [4.78, 5) is 17.2. The van der Waals surface area contributed by atoms with Gasteiger partial charge in [-0.05, 0) is 59.9 Å². The molecule has 0 bridgehead atoms. The second-order valence-electron chi connectivity index (χ2n) is 8.10. The molecule has 4 aromatic rings. The Bertz CT molecular complexity index is 1180. The van der Waals surface area contributed by atoms with Crippen molar-refractivity contribution in [3.05, 3.63) is 90.0 Å². The molecular weight excluding hydrogens is 416 g/mol. The van der Waals surface area contributed by atoms with Gasteiger partial charge in [0.1, 0.15) is 5.82 Å². The van der Waals surface area contributed by atoms with Gasteiger partial charge in [-0.15, -0.1) is 0 Å². The normalized spacial score (nSPS) is 14.6. The smallest absolute Gasteiger partial charge is 0.255 e. The summed E-state index contributed by atoms with van der Waals surface area (Å²) in [5, 5.41) is 4.23. The van der Waals surface area contributed by atoms with Gasteiger partial charge in [0.25, 0.3) is 5.91 Å². The highest BCUT2D eigenvalue weighted by Gasteiger charge is 2.20. The molecule has 6 heteroatoms. The summed E-state index contributed by atoms with van der Waals surface area (Å²) in [5.41, 5.74) is 2.78. The van der Waals surface area contributed by atoms with Gasteiger partial charge < -0.3 is 10.2 Å². The first-order valence-corrected chi connectivity index (χ1v) is 11.8. The zero-order valence-electron chi connectivity index (χ0n) is 17.9. The predicted octanol–water partition coefficient (Wildman–Crippen LogP) is 4.91. The number of carbonyl (C=O) groups excluding carboxylic acids is 1. The first-order chi connectivity index (χ1) is 15.8. The molecule has 0 unspecified atom stereocenters. The van der Waals surface area contributed by atoms with Gasteiger partial charge in [-0.2, -0.15) is 4.37 Å². The maximum atomic E-state index is 12.3. The number of piperazine rings is 1. The standard InChI is InChI=1S/C26H26N4OS/c31-26(21-6-2-1-3-7-21)27-22-12-10-20(11-13-22)14-15-29-16-18-30(19-17-29)25-23-8-4-5-9-24(23)32-28-25/h1-13H,14-19H2,(H,27,31). The minimum absolute atomic E-state index is 0.0795. The molecule has 5 rings (SSSR count). The van der Waals surface area contributed by atoms with E-state index in [1.165, 1.54) is 15.6 Å².